The normalized spacial score (nSPS) is 17.1. The molecule has 0 spiro atoms. The molecule has 6 rings (SSSR count). The van der Waals surface area contributed by atoms with E-state index in [1.54, 1.807) is 0 Å². The van der Waals surface area contributed by atoms with Gasteiger partial charge in [-0.2, -0.15) is 10.1 Å². The van der Waals surface area contributed by atoms with Gasteiger partial charge in [-0.15, -0.1) is 0 Å². The molecule has 0 aromatic carbocycles. The smallest absolute Gasteiger partial charge is 0.230 e. The summed E-state index contributed by atoms with van der Waals surface area (Å²) in [4.78, 5) is 16.6. The number of fused-ring (bicyclic) bond motifs is 1. The van der Waals surface area contributed by atoms with Crippen LogP contribution in [0.3, 0.4) is 0 Å². The summed E-state index contributed by atoms with van der Waals surface area (Å²) in [7, 11) is 0. The molecule has 176 valence electrons. The van der Waals surface area contributed by atoms with Gasteiger partial charge in [-0.1, -0.05) is 12.8 Å². The highest BCUT2D eigenvalue weighted by atomic mass is 15.2. The van der Waals surface area contributed by atoms with E-state index in [1.807, 2.05) is 25.4 Å². The van der Waals surface area contributed by atoms with Gasteiger partial charge in [0.15, 0.2) is 0 Å². The summed E-state index contributed by atoms with van der Waals surface area (Å²) in [6.07, 6.45) is 8.70. The lowest BCUT2D eigenvalue weighted by atomic mass is 10.1. The van der Waals surface area contributed by atoms with Gasteiger partial charge in [0.25, 0.3) is 0 Å². The van der Waals surface area contributed by atoms with Crippen LogP contribution in [-0.2, 0) is 0 Å². The number of H-pyrrole nitrogens is 1. The number of aryl methyl sites for hydroxylation is 2. The van der Waals surface area contributed by atoms with Crippen molar-refractivity contribution in [3.05, 3.63) is 41.9 Å². The summed E-state index contributed by atoms with van der Waals surface area (Å²) in [5, 5.41) is 15.5. The molecular weight excluding hydrogens is 426 g/mol. The molecule has 0 unspecified atom stereocenters. The summed E-state index contributed by atoms with van der Waals surface area (Å²) in [6.45, 7) is 8.21. The summed E-state index contributed by atoms with van der Waals surface area (Å²) in [6, 6.07) is 6.66. The number of pyridine rings is 1. The first-order valence-electron chi connectivity index (χ1n) is 12.3. The molecule has 0 bridgehead atoms. The van der Waals surface area contributed by atoms with Crippen molar-refractivity contribution in [3.8, 4) is 11.4 Å². The number of nitrogens with zero attached hydrogens (tertiary/aromatic N) is 6. The Morgan fingerprint density at radius 3 is 2.56 bits per heavy atom. The Labute approximate surface area is 199 Å². The molecule has 9 heteroatoms. The van der Waals surface area contributed by atoms with Crippen LogP contribution in [0.4, 0.5) is 17.5 Å². The SMILES string of the molecule is Cc1cc(-c2c(C)c3cnc(Nc4ccc(N5CCNCC5)cn4)nc3n2C2CCCC2)n[nH]1. The first kappa shape index (κ1) is 21.1. The second kappa shape index (κ2) is 8.72. The van der Waals surface area contributed by atoms with Gasteiger partial charge in [0.1, 0.15) is 17.2 Å². The van der Waals surface area contributed by atoms with Crippen molar-refractivity contribution in [2.24, 2.45) is 0 Å². The van der Waals surface area contributed by atoms with Gasteiger partial charge in [0.2, 0.25) is 5.95 Å². The highest BCUT2D eigenvalue weighted by molar-refractivity contribution is 5.89. The maximum Gasteiger partial charge on any atom is 0.230 e. The summed E-state index contributed by atoms with van der Waals surface area (Å²) in [5.74, 6) is 1.31. The number of piperazine rings is 1. The van der Waals surface area contributed by atoms with Crippen molar-refractivity contribution in [3.63, 3.8) is 0 Å². The lowest BCUT2D eigenvalue weighted by Gasteiger charge is -2.29. The molecule has 0 amide bonds. The minimum Gasteiger partial charge on any atom is -0.368 e. The predicted octanol–water partition coefficient (Wildman–Crippen LogP) is 4.10. The fourth-order valence-electron chi connectivity index (χ4n) is 5.35. The van der Waals surface area contributed by atoms with Crippen molar-refractivity contribution in [2.75, 3.05) is 36.4 Å². The minimum absolute atomic E-state index is 0.433. The molecule has 1 saturated carbocycles. The zero-order chi connectivity index (χ0) is 23.1. The predicted molar refractivity (Wildman–Crippen MR) is 135 cm³/mol. The van der Waals surface area contributed by atoms with E-state index >= 15 is 0 Å². The van der Waals surface area contributed by atoms with E-state index in [1.165, 1.54) is 31.2 Å². The fourth-order valence-corrected chi connectivity index (χ4v) is 5.35. The van der Waals surface area contributed by atoms with Crippen molar-refractivity contribution >= 4 is 28.5 Å². The van der Waals surface area contributed by atoms with Crippen LogP contribution in [0.5, 0.6) is 0 Å². The van der Waals surface area contributed by atoms with E-state index in [0.29, 0.717) is 12.0 Å². The second-order valence-electron chi connectivity index (χ2n) is 9.41. The van der Waals surface area contributed by atoms with Crippen LogP contribution in [0.15, 0.2) is 30.6 Å². The Balaban J connectivity index is 1.35. The Kier molecular flexibility index (Phi) is 5.41. The Bertz CT molecular complexity index is 1290. The van der Waals surface area contributed by atoms with E-state index in [9.17, 15) is 0 Å². The van der Waals surface area contributed by atoms with Gasteiger partial charge in [0, 0.05) is 49.5 Å². The number of hydrogen-bond acceptors (Lipinski definition) is 7. The molecule has 0 radical (unpaired) electrons. The summed E-state index contributed by atoms with van der Waals surface area (Å²) in [5.41, 5.74) is 6.47. The third-order valence-electron chi connectivity index (χ3n) is 7.11. The zero-order valence-electron chi connectivity index (χ0n) is 19.8. The molecule has 1 aliphatic heterocycles. The standard InChI is InChI=1S/C25H31N9/c1-16-13-21(32-31-16)23-17(2)20-15-28-25(30-24(20)34(23)18-5-3-4-6-18)29-22-8-7-19(14-27-22)33-11-9-26-10-12-33/h7-8,13-15,18,26H,3-6,9-12H2,1-2H3,(H,31,32)(H,27,28,29,30). The molecule has 34 heavy (non-hydrogen) atoms. The average molecular weight is 458 g/mol. The summed E-state index contributed by atoms with van der Waals surface area (Å²) >= 11 is 0. The lowest BCUT2D eigenvalue weighted by molar-refractivity contribution is 0.536. The van der Waals surface area contributed by atoms with Crippen molar-refractivity contribution in [1.82, 2.24) is 35.0 Å². The zero-order valence-corrected chi connectivity index (χ0v) is 19.8. The molecule has 2 aliphatic rings. The van der Waals surface area contributed by atoms with Crippen molar-refractivity contribution in [1.29, 1.82) is 0 Å². The molecule has 4 aromatic rings. The van der Waals surface area contributed by atoms with Crippen LogP contribution in [0.25, 0.3) is 22.4 Å². The van der Waals surface area contributed by atoms with Crippen molar-refractivity contribution < 1.29 is 0 Å². The van der Waals surface area contributed by atoms with Gasteiger partial charge in [-0.3, -0.25) is 5.10 Å². The van der Waals surface area contributed by atoms with E-state index in [-0.39, 0.29) is 0 Å². The highest BCUT2D eigenvalue weighted by Crippen LogP contribution is 2.40. The minimum atomic E-state index is 0.433. The van der Waals surface area contributed by atoms with Crippen LogP contribution >= 0.6 is 0 Å². The molecule has 1 saturated heterocycles. The van der Waals surface area contributed by atoms with Crippen LogP contribution < -0.4 is 15.5 Å². The Hall–Kier alpha value is -3.46. The number of rotatable bonds is 5. The number of aromatic nitrogens is 6. The second-order valence-corrected chi connectivity index (χ2v) is 9.41. The quantitative estimate of drug-likeness (QED) is 0.415. The molecule has 1 aliphatic carbocycles. The Morgan fingerprint density at radius 1 is 1.03 bits per heavy atom. The third kappa shape index (κ3) is 3.79. The van der Waals surface area contributed by atoms with Gasteiger partial charge in [0.05, 0.1) is 17.6 Å². The molecule has 5 heterocycles. The first-order valence-corrected chi connectivity index (χ1v) is 12.3. The average Bonchev–Trinajstić information content (AvgIpc) is 3.60. The van der Waals surface area contributed by atoms with Crippen LogP contribution in [0.2, 0.25) is 0 Å². The third-order valence-corrected chi connectivity index (χ3v) is 7.11. The maximum atomic E-state index is 4.99. The van der Waals surface area contributed by atoms with E-state index in [0.717, 1.165) is 65.8 Å². The molecule has 4 aromatic heterocycles. The van der Waals surface area contributed by atoms with Gasteiger partial charge >= 0.3 is 0 Å². The molecule has 2 fully saturated rings. The van der Waals surface area contributed by atoms with Crippen LogP contribution in [0, 0.1) is 13.8 Å². The van der Waals surface area contributed by atoms with Crippen LogP contribution in [0.1, 0.15) is 43.0 Å². The van der Waals surface area contributed by atoms with E-state index < -0.39 is 0 Å². The number of aromatic amines is 1. The lowest BCUT2D eigenvalue weighted by Crippen LogP contribution is -2.43. The first-order chi connectivity index (χ1) is 16.7. The Morgan fingerprint density at radius 2 is 1.85 bits per heavy atom. The van der Waals surface area contributed by atoms with Gasteiger partial charge in [-0.05, 0) is 50.5 Å². The molecule has 3 N–H and O–H groups in total. The fraction of sp³-hybridized carbons (Fsp3) is 0.440. The number of anilines is 3. The largest absolute Gasteiger partial charge is 0.368 e. The van der Waals surface area contributed by atoms with E-state index in [4.69, 9.17) is 4.98 Å². The molecule has 0 atom stereocenters. The summed E-state index contributed by atoms with van der Waals surface area (Å²) < 4.78 is 2.40. The topological polar surface area (TPSA) is 99.6 Å². The van der Waals surface area contributed by atoms with Gasteiger partial charge < -0.3 is 20.1 Å². The van der Waals surface area contributed by atoms with E-state index in [2.05, 4.69) is 59.3 Å². The molecular formula is C25H31N9. The van der Waals surface area contributed by atoms with Crippen LogP contribution in [-0.4, -0.2) is 55.9 Å². The van der Waals surface area contributed by atoms with Gasteiger partial charge in [-0.25, -0.2) is 9.97 Å². The number of nitrogens with one attached hydrogen (secondary N) is 3. The highest BCUT2D eigenvalue weighted by Gasteiger charge is 2.27. The monoisotopic (exact) mass is 457 g/mol. The maximum absolute atomic E-state index is 4.99. The molecule has 9 nitrogen and oxygen atoms in total. The number of hydrogen-bond donors (Lipinski definition) is 3. The van der Waals surface area contributed by atoms with Crippen molar-refractivity contribution in [2.45, 2.75) is 45.6 Å².